The van der Waals surface area contributed by atoms with Gasteiger partial charge in [-0.25, -0.2) is 0 Å². The molecule has 0 aromatic heterocycles. The second-order valence-electron chi connectivity index (χ2n) is 5.56. The highest BCUT2D eigenvalue weighted by atomic mass is 16.1. The van der Waals surface area contributed by atoms with E-state index in [0.717, 1.165) is 17.7 Å². The van der Waals surface area contributed by atoms with E-state index in [0.29, 0.717) is 6.42 Å². The Hall–Kier alpha value is -1.51. The fourth-order valence-corrected chi connectivity index (χ4v) is 1.74. The number of anilines is 1. The molecule has 3 heteroatoms. The highest BCUT2D eigenvalue weighted by Crippen LogP contribution is 2.20. The number of nitrogen functional groups attached to an aromatic ring is 1. The molecule has 3 nitrogen and oxygen atoms in total. The van der Waals surface area contributed by atoms with Gasteiger partial charge in [0, 0.05) is 17.6 Å². The van der Waals surface area contributed by atoms with E-state index in [1.807, 2.05) is 38.1 Å². The summed E-state index contributed by atoms with van der Waals surface area (Å²) in [6, 6.07) is 7.72. The second kappa shape index (κ2) is 5.89. The van der Waals surface area contributed by atoms with Gasteiger partial charge in [-0.15, -0.1) is 0 Å². The predicted octanol–water partition coefficient (Wildman–Crippen LogP) is 3.07. The number of carbonyl (C=O) groups is 1. The van der Waals surface area contributed by atoms with E-state index in [-0.39, 0.29) is 17.4 Å². The summed E-state index contributed by atoms with van der Waals surface area (Å²) in [5.74, 6) is 0.310. The molecular formula is C15H24N2O. The maximum absolute atomic E-state index is 11.9. The summed E-state index contributed by atoms with van der Waals surface area (Å²) in [5, 5.41) is 3.05. The summed E-state index contributed by atoms with van der Waals surface area (Å²) < 4.78 is 0. The monoisotopic (exact) mass is 248 g/mol. The first-order valence-corrected chi connectivity index (χ1v) is 6.50. The smallest absolute Gasteiger partial charge is 0.221 e. The first kappa shape index (κ1) is 14.6. The molecule has 0 spiro atoms. The molecular weight excluding hydrogens is 224 g/mol. The quantitative estimate of drug-likeness (QED) is 0.787. The van der Waals surface area contributed by atoms with Crippen LogP contribution < -0.4 is 11.1 Å². The van der Waals surface area contributed by atoms with E-state index in [4.69, 9.17) is 5.73 Å². The zero-order valence-electron chi connectivity index (χ0n) is 11.8. The summed E-state index contributed by atoms with van der Waals surface area (Å²) in [7, 11) is 0. The lowest BCUT2D eigenvalue weighted by Gasteiger charge is -2.25. The van der Waals surface area contributed by atoms with Crippen molar-refractivity contribution in [2.45, 2.75) is 52.0 Å². The molecule has 1 aromatic rings. The molecule has 18 heavy (non-hydrogen) atoms. The van der Waals surface area contributed by atoms with E-state index in [2.05, 4.69) is 19.2 Å². The van der Waals surface area contributed by atoms with Crippen LogP contribution in [0.1, 0.15) is 52.0 Å². The Morgan fingerprint density at radius 2 is 1.89 bits per heavy atom. The maximum atomic E-state index is 11.9. The lowest BCUT2D eigenvalue weighted by molar-refractivity contribution is -0.123. The average molecular weight is 248 g/mol. The molecule has 0 bridgehead atoms. The molecule has 100 valence electrons. The van der Waals surface area contributed by atoms with Gasteiger partial charge >= 0.3 is 0 Å². The van der Waals surface area contributed by atoms with Gasteiger partial charge in [0.1, 0.15) is 0 Å². The Balaban J connectivity index is 2.57. The van der Waals surface area contributed by atoms with Crippen LogP contribution >= 0.6 is 0 Å². The van der Waals surface area contributed by atoms with Crippen molar-refractivity contribution in [1.29, 1.82) is 0 Å². The standard InChI is InChI=1S/C15H24N2O/c1-5-15(3,4)17-14(18)10-11(2)12-6-8-13(16)9-7-12/h6-9,11H,5,10,16H2,1-4H3,(H,17,18). The van der Waals surface area contributed by atoms with Crippen LogP contribution in [0.2, 0.25) is 0 Å². The molecule has 0 fully saturated rings. The van der Waals surface area contributed by atoms with E-state index < -0.39 is 0 Å². The summed E-state index contributed by atoms with van der Waals surface area (Å²) in [4.78, 5) is 11.9. The van der Waals surface area contributed by atoms with Crippen LogP contribution in [0.5, 0.6) is 0 Å². The molecule has 1 unspecified atom stereocenters. The van der Waals surface area contributed by atoms with E-state index in [1.165, 1.54) is 0 Å². The fraction of sp³-hybridized carbons (Fsp3) is 0.533. The molecule has 0 heterocycles. The molecule has 0 aliphatic carbocycles. The van der Waals surface area contributed by atoms with Gasteiger partial charge in [0.15, 0.2) is 0 Å². The topological polar surface area (TPSA) is 55.1 Å². The fourth-order valence-electron chi connectivity index (χ4n) is 1.74. The van der Waals surface area contributed by atoms with E-state index in [9.17, 15) is 4.79 Å². The molecule has 3 N–H and O–H groups in total. The Morgan fingerprint density at radius 1 is 1.33 bits per heavy atom. The van der Waals surface area contributed by atoms with Gasteiger partial charge in [0.2, 0.25) is 5.91 Å². The maximum Gasteiger partial charge on any atom is 0.221 e. The SMILES string of the molecule is CCC(C)(C)NC(=O)CC(C)c1ccc(N)cc1. The molecule has 0 radical (unpaired) electrons. The minimum atomic E-state index is -0.127. The number of carbonyl (C=O) groups excluding carboxylic acids is 1. The molecule has 0 aliphatic heterocycles. The lowest BCUT2D eigenvalue weighted by atomic mass is 9.95. The third kappa shape index (κ3) is 4.40. The van der Waals surface area contributed by atoms with Crippen LogP contribution in [0, 0.1) is 0 Å². The van der Waals surface area contributed by atoms with Gasteiger partial charge in [-0.3, -0.25) is 4.79 Å². The van der Waals surface area contributed by atoms with Crippen molar-refractivity contribution in [2.24, 2.45) is 0 Å². The van der Waals surface area contributed by atoms with Crippen LogP contribution in [0.25, 0.3) is 0 Å². The summed E-state index contributed by atoms with van der Waals surface area (Å²) in [5.41, 5.74) is 7.42. The number of rotatable bonds is 5. The molecule has 1 atom stereocenters. The third-order valence-corrected chi connectivity index (χ3v) is 3.36. The predicted molar refractivity (Wildman–Crippen MR) is 76.4 cm³/mol. The van der Waals surface area contributed by atoms with Gasteiger partial charge in [-0.2, -0.15) is 0 Å². The summed E-state index contributed by atoms with van der Waals surface area (Å²) in [6.07, 6.45) is 1.43. The zero-order valence-corrected chi connectivity index (χ0v) is 11.8. The molecule has 1 amide bonds. The highest BCUT2D eigenvalue weighted by molar-refractivity contribution is 5.77. The van der Waals surface area contributed by atoms with Crippen LogP contribution in [-0.2, 0) is 4.79 Å². The number of hydrogen-bond acceptors (Lipinski definition) is 2. The van der Waals surface area contributed by atoms with Crippen molar-refractivity contribution < 1.29 is 4.79 Å². The molecule has 1 rings (SSSR count). The van der Waals surface area contributed by atoms with Gasteiger partial charge in [0.05, 0.1) is 0 Å². The minimum Gasteiger partial charge on any atom is -0.399 e. The number of amides is 1. The average Bonchev–Trinajstić information content (AvgIpc) is 2.29. The van der Waals surface area contributed by atoms with Gasteiger partial charge in [-0.1, -0.05) is 26.0 Å². The Morgan fingerprint density at radius 3 is 2.39 bits per heavy atom. The Labute approximate surface area is 110 Å². The summed E-state index contributed by atoms with van der Waals surface area (Å²) in [6.45, 7) is 8.21. The Kier molecular flexibility index (Phi) is 4.76. The molecule has 0 saturated carbocycles. The van der Waals surface area contributed by atoms with Gasteiger partial charge < -0.3 is 11.1 Å². The van der Waals surface area contributed by atoms with Crippen molar-refractivity contribution >= 4 is 11.6 Å². The van der Waals surface area contributed by atoms with Gasteiger partial charge in [-0.05, 0) is 43.9 Å². The number of nitrogens with one attached hydrogen (secondary N) is 1. The highest BCUT2D eigenvalue weighted by Gasteiger charge is 2.19. The molecule has 0 aliphatic rings. The van der Waals surface area contributed by atoms with Crippen molar-refractivity contribution in [2.75, 3.05) is 5.73 Å². The minimum absolute atomic E-state index is 0.103. The zero-order chi connectivity index (χ0) is 13.8. The van der Waals surface area contributed by atoms with Crippen molar-refractivity contribution in [3.05, 3.63) is 29.8 Å². The molecule has 1 aromatic carbocycles. The van der Waals surface area contributed by atoms with Crippen LogP contribution in [0.15, 0.2) is 24.3 Å². The third-order valence-electron chi connectivity index (χ3n) is 3.36. The van der Waals surface area contributed by atoms with Crippen LogP contribution in [0.3, 0.4) is 0 Å². The number of benzene rings is 1. The van der Waals surface area contributed by atoms with Crippen molar-refractivity contribution in [3.8, 4) is 0 Å². The van der Waals surface area contributed by atoms with Crippen LogP contribution in [0.4, 0.5) is 5.69 Å². The van der Waals surface area contributed by atoms with Gasteiger partial charge in [0.25, 0.3) is 0 Å². The lowest BCUT2D eigenvalue weighted by Crippen LogP contribution is -2.43. The first-order valence-electron chi connectivity index (χ1n) is 6.50. The van der Waals surface area contributed by atoms with E-state index >= 15 is 0 Å². The number of hydrogen-bond donors (Lipinski definition) is 2. The second-order valence-corrected chi connectivity index (χ2v) is 5.56. The summed E-state index contributed by atoms with van der Waals surface area (Å²) >= 11 is 0. The van der Waals surface area contributed by atoms with Crippen LogP contribution in [-0.4, -0.2) is 11.4 Å². The van der Waals surface area contributed by atoms with Crippen molar-refractivity contribution in [3.63, 3.8) is 0 Å². The Bertz CT molecular complexity index is 395. The largest absolute Gasteiger partial charge is 0.399 e. The van der Waals surface area contributed by atoms with E-state index in [1.54, 1.807) is 0 Å². The normalized spacial score (nSPS) is 13.1. The van der Waals surface area contributed by atoms with Crippen molar-refractivity contribution in [1.82, 2.24) is 5.32 Å². The first-order chi connectivity index (χ1) is 8.34. The molecule has 0 saturated heterocycles. The number of nitrogens with two attached hydrogens (primary N) is 1.